The maximum absolute atomic E-state index is 9.43. The zero-order valence-corrected chi connectivity index (χ0v) is 12.9. The summed E-state index contributed by atoms with van der Waals surface area (Å²) in [5.41, 5.74) is 2.33. The van der Waals surface area contributed by atoms with Crippen molar-refractivity contribution in [1.29, 1.82) is 5.26 Å². The first-order valence-electron chi connectivity index (χ1n) is 6.84. The van der Waals surface area contributed by atoms with Crippen LogP contribution in [0.25, 0.3) is 0 Å². The lowest BCUT2D eigenvalue weighted by Gasteiger charge is -2.33. The van der Waals surface area contributed by atoms with Crippen LogP contribution in [0.5, 0.6) is 0 Å². The number of morpholine rings is 1. The first kappa shape index (κ1) is 14.0. The third-order valence-corrected chi connectivity index (χ3v) is 4.74. The minimum Gasteiger partial charge on any atom is -0.369 e. The summed E-state index contributed by atoms with van der Waals surface area (Å²) in [6, 6.07) is 6.38. The fraction of sp³-hybridized carbons (Fsp3) is 0.400. The minimum atomic E-state index is 0.0358. The summed E-state index contributed by atoms with van der Waals surface area (Å²) in [5, 5.41) is 19.9. The van der Waals surface area contributed by atoms with Gasteiger partial charge in [0, 0.05) is 11.4 Å². The monoisotopic (exact) mass is 300 g/mol. The largest absolute Gasteiger partial charge is 0.369 e. The summed E-state index contributed by atoms with van der Waals surface area (Å²) in [4.78, 5) is 3.31. The van der Waals surface area contributed by atoms with Crippen molar-refractivity contribution in [2.24, 2.45) is 0 Å². The molecule has 0 aromatic carbocycles. The Morgan fingerprint density at radius 2 is 2.29 bits per heavy atom. The lowest BCUT2D eigenvalue weighted by Crippen LogP contribution is -2.39. The van der Waals surface area contributed by atoms with Crippen LogP contribution in [-0.4, -0.2) is 29.9 Å². The first-order valence-corrected chi connectivity index (χ1v) is 7.72. The molecule has 3 rings (SSSR count). The summed E-state index contributed by atoms with van der Waals surface area (Å²) in [7, 11) is 0. The number of rotatable bonds is 2. The van der Waals surface area contributed by atoms with E-state index in [1.54, 1.807) is 11.3 Å². The Morgan fingerprint density at radius 1 is 1.43 bits per heavy atom. The maximum atomic E-state index is 9.43. The molecule has 5 nitrogen and oxygen atoms in total. The van der Waals surface area contributed by atoms with Crippen molar-refractivity contribution in [2.45, 2.75) is 20.0 Å². The highest BCUT2D eigenvalue weighted by atomic mass is 32.1. The van der Waals surface area contributed by atoms with Crippen molar-refractivity contribution in [3.8, 4) is 6.07 Å². The van der Waals surface area contributed by atoms with E-state index in [0.29, 0.717) is 24.5 Å². The van der Waals surface area contributed by atoms with Gasteiger partial charge in [-0.2, -0.15) is 10.4 Å². The molecule has 0 aliphatic carbocycles. The SMILES string of the molecule is Cc1nnc(N2CCOC(c3cccs3)C2)c(C#N)c1C. The molecule has 108 valence electrons. The van der Waals surface area contributed by atoms with Gasteiger partial charge in [-0.05, 0) is 30.9 Å². The molecule has 0 amide bonds. The van der Waals surface area contributed by atoms with Crippen LogP contribution in [0.2, 0.25) is 0 Å². The Kier molecular flexibility index (Phi) is 3.86. The molecule has 0 radical (unpaired) electrons. The minimum absolute atomic E-state index is 0.0358. The Balaban J connectivity index is 1.91. The van der Waals surface area contributed by atoms with Crippen molar-refractivity contribution in [2.75, 3.05) is 24.6 Å². The molecule has 21 heavy (non-hydrogen) atoms. The average Bonchev–Trinajstić information content (AvgIpc) is 3.04. The quantitative estimate of drug-likeness (QED) is 0.853. The molecule has 0 spiro atoms. The number of ether oxygens (including phenoxy) is 1. The lowest BCUT2D eigenvalue weighted by atomic mass is 10.1. The molecule has 0 bridgehead atoms. The van der Waals surface area contributed by atoms with Crippen LogP contribution in [-0.2, 0) is 4.74 Å². The molecule has 1 atom stereocenters. The third-order valence-electron chi connectivity index (χ3n) is 3.77. The van der Waals surface area contributed by atoms with Gasteiger partial charge in [-0.15, -0.1) is 16.4 Å². The van der Waals surface area contributed by atoms with Crippen LogP contribution in [0, 0.1) is 25.2 Å². The van der Waals surface area contributed by atoms with E-state index in [2.05, 4.69) is 27.2 Å². The van der Waals surface area contributed by atoms with E-state index in [9.17, 15) is 5.26 Å². The van der Waals surface area contributed by atoms with Crippen LogP contribution in [0.4, 0.5) is 5.82 Å². The zero-order valence-electron chi connectivity index (χ0n) is 12.0. The molecule has 1 unspecified atom stereocenters. The van der Waals surface area contributed by atoms with Crippen molar-refractivity contribution in [1.82, 2.24) is 10.2 Å². The maximum Gasteiger partial charge on any atom is 0.169 e. The average molecular weight is 300 g/mol. The molecule has 2 aromatic heterocycles. The Bertz CT molecular complexity index is 678. The van der Waals surface area contributed by atoms with Gasteiger partial charge in [0.1, 0.15) is 17.7 Å². The Labute approximate surface area is 127 Å². The fourth-order valence-corrected chi connectivity index (χ4v) is 3.21. The number of hydrogen-bond acceptors (Lipinski definition) is 6. The summed E-state index contributed by atoms with van der Waals surface area (Å²) in [6.07, 6.45) is 0.0358. The van der Waals surface area contributed by atoms with E-state index in [1.165, 1.54) is 4.88 Å². The molecule has 0 N–H and O–H groups in total. The van der Waals surface area contributed by atoms with E-state index >= 15 is 0 Å². The highest BCUT2D eigenvalue weighted by Gasteiger charge is 2.26. The van der Waals surface area contributed by atoms with Crippen molar-refractivity contribution in [3.05, 3.63) is 39.2 Å². The molecule has 3 heterocycles. The normalized spacial score (nSPS) is 18.5. The smallest absolute Gasteiger partial charge is 0.169 e. The fourth-order valence-electron chi connectivity index (χ4n) is 2.44. The van der Waals surface area contributed by atoms with Gasteiger partial charge in [-0.25, -0.2) is 0 Å². The first-order chi connectivity index (χ1) is 10.2. The van der Waals surface area contributed by atoms with E-state index in [0.717, 1.165) is 17.8 Å². The highest BCUT2D eigenvalue weighted by Crippen LogP contribution is 2.30. The third kappa shape index (κ3) is 2.62. The second-order valence-corrected chi connectivity index (χ2v) is 6.02. The van der Waals surface area contributed by atoms with Gasteiger partial charge in [0.2, 0.25) is 0 Å². The number of thiophene rings is 1. The molecule has 1 saturated heterocycles. The summed E-state index contributed by atoms with van der Waals surface area (Å²) in [6.45, 7) is 5.85. The van der Waals surface area contributed by atoms with E-state index < -0.39 is 0 Å². The molecule has 1 fully saturated rings. The van der Waals surface area contributed by atoms with Crippen molar-refractivity contribution >= 4 is 17.2 Å². The highest BCUT2D eigenvalue weighted by molar-refractivity contribution is 7.10. The standard InChI is InChI=1S/C15H16N4OS/c1-10-11(2)17-18-15(12(10)8-16)19-5-6-20-13(9-19)14-4-3-7-21-14/h3-4,7,13H,5-6,9H2,1-2H3. The number of anilines is 1. The lowest BCUT2D eigenvalue weighted by molar-refractivity contribution is 0.0418. The molecule has 1 aliphatic heterocycles. The molecule has 0 saturated carbocycles. The van der Waals surface area contributed by atoms with Gasteiger partial charge >= 0.3 is 0 Å². The summed E-state index contributed by atoms with van der Waals surface area (Å²) < 4.78 is 5.84. The van der Waals surface area contributed by atoms with Crippen LogP contribution in [0.1, 0.15) is 27.8 Å². The van der Waals surface area contributed by atoms with Crippen LogP contribution >= 0.6 is 11.3 Å². The number of aryl methyl sites for hydroxylation is 1. The zero-order chi connectivity index (χ0) is 14.8. The van der Waals surface area contributed by atoms with Gasteiger partial charge in [0.05, 0.1) is 18.8 Å². The van der Waals surface area contributed by atoms with E-state index in [4.69, 9.17) is 4.74 Å². The molecular weight excluding hydrogens is 284 g/mol. The van der Waals surface area contributed by atoms with E-state index in [-0.39, 0.29) is 6.10 Å². The Morgan fingerprint density at radius 3 is 3.00 bits per heavy atom. The van der Waals surface area contributed by atoms with Crippen molar-refractivity contribution in [3.63, 3.8) is 0 Å². The number of nitrogens with zero attached hydrogens (tertiary/aromatic N) is 4. The Hall–Kier alpha value is -1.97. The molecule has 2 aromatic rings. The summed E-state index contributed by atoms with van der Waals surface area (Å²) in [5.74, 6) is 0.672. The van der Waals surface area contributed by atoms with Gasteiger partial charge in [0.25, 0.3) is 0 Å². The predicted molar refractivity (Wildman–Crippen MR) is 81.4 cm³/mol. The topological polar surface area (TPSA) is 62.0 Å². The number of hydrogen-bond donors (Lipinski definition) is 0. The number of nitriles is 1. The van der Waals surface area contributed by atoms with Gasteiger partial charge in [-0.1, -0.05) is 6.07 Å². The second kappa shape index (κ2) is 5.80. The van der Waals surface area contributed by atoms with Crippen molar-refractivity contribution < 1.29 is 4.74 Å². The van der Waals surface area contributed by atoms with Gasteiger partial charge in [-0.3, -0.25) is 0 Å². The van der Waals surface area contributed by atoms with Crippen LogP contribution in [0.3, 0.4) is 0 Å². The summed E-state index contributed by atoms with van der Waals surface area (Å²) >= 11 is 1.69. The number of aromatic nitrogens is 2. The van der Waals surface area contributed by atoms with Crippen LogP contribution < -0.4 is 4.90 Å². The molecule has 1 aliphatic rings. The van der Waals surface area contributed by atoms with E-state index in [1.807, 2.05) is 25.3 Å². The van der Waals surface area contributed by atoms with Gasteiger partial charge in [0.15, 0.2) is 5.82 Å². The molecule has 6 heteroatoms. The van der Waals surface area contributed by atoms with Crippen LogP contribution in [0.15, 0.2) is 17.5 Å². The second-order valence-electron chi connectivity index (χ2n) is 5.04. The molecular formula is C15H16N4OS. The predicted octanol–water partition coefficient (Wildman–Crippen LogP) is 2.60. The van der Waals surface area contributed by atoms with Gasteiger partial charge < -0.3 is 9.64 Å².